The first-order valence-corrected chi connectivity index (χ1v) is 9.47. The molecule has 0 bridgehead atoms. The molecule has 1 fully saturated rings. The number of ether oxygens (including phenoxy) is 2. The Morgan fingerprint density at radius 3 is 2.52 bits per heavy atom. The molecule has 1 saturated heterocycles. The summed E-state index contributed by atoms with van der Waals surface area (Å²) in [5.41, 5.74) is 1.25. The van der Waals surface area contributed by atoms with Crippen molar-refractivity contribution in [3.63, 3.8) is 0 Å². The van der Waals surface area contributed by atoms with Gasteiger partial charge in [0.1, 0.15) is 18.1 Å². The van der Waals surface area contributed by atoms with Crippen molar-refractivity contribution in [3.05, 3.63) is 60.2 Å². The number of methoxy groups -OCH3 is 1. The molecular weight excluding hydrogens is 340 g/mol. The second-order valence-corrected chi connectivity index (χ2v) is 6.90. The zero-order chi connectivity index (χ0) is 19.1. The van der Waals surface area contributed by atoms with Crippen LogP contribution in [0, 0.1) is 0 Å². The van der Waals surface area contributed by atoms with Gasteiger partial charge in [-0.3, -0.25) is 9.69 Å². The summed E-state index contributed by atoms with van der Waals surface area (Å²) in [4.78, 5) is 17.0. The third-order valence-electron chi connectivity index (χ3n) is 5.01. The van der Waals surface area contributed by atoms with Crippen molar-refractivity contribution in [1.29, 1.82) is 0 Å². The Labute approximate surface area is 161 Å². The molecule has 3 rings (SSSR count). The number of hydrogen-bond acceptors (Lipinski definition) is 4. The van der Waals surface area contributed by atoms with Crippen LogP contribution in [0.3, 0.4) is 0 Å². The highest BCUT2D eigenvalue weighted by Gasteiger charge is 2.32. The summed E-state index contributed by atoms with van der Waals surface area (Å²) in [7, 11) is 3.50. The Morgan fingerprint density at radius 1 is 1.11 bits per heavy atom. The SMILES string of the molecule is COc1ccc(OCCN(C)C(=O)C2CCCN2Cc2ccccc2)cc1. The molecule has 1 heterocycles. The van der Waals surface area contributed by atoms with E-state index in [1.54, 1.807) is 12.0 Å². The van der Waals surface area contributed by atoms with Crippen LogP contribution in [0.1, 0.15) is 18.4 Å². The van der Waals surface area contributed by atoms with Gasteiger partial charge in [0.15, 0.2) is 0 Å². The first kappa shape index (κ1) is 19.2. The Bertz CT molecular complexity index is 718. The molecule has 0 radical (unpaired) electrons. The monoisotopic (exact) mass is 368 g/mol. The van der Waals surface area contributed by atoms with Gasteiger partial charge in [0.05, 0.1) is 19.7 Å². The summed E-state index contributed by atoms with van der Waals surface area (Å²) in [6.07, 6.45) is 1.99. The highest BCUT2D eigenvalue weighted by Crippen LogP contribution is 2.22. The maximum absolute atomic E-state index is 12.9. The first-order valence-electron chi connectivity index (χ1n) is 9.47. The van der Waals surface area contributed by atoms with Gasteiger partial charge < -0.3 is 14.4 Å². The van der Waals surface area contributed by atoms with E-state index in [0.717, 1.165) is 37.4 Å². The molecule has 0 spiro atoms. The topological polar surface area (TPSA) is 42.0 Å². The van der Waals surface area contributed by atoms with Crippen LogP contribution < -0.4 is 9.47 Å². The fourth-order valence-electron chi connectivity index (χ4n) is 3.45. The zero-order valence-electron chi connectivity index (χ0n) is 16.1. The number of amides is 1. The molecule has 0 N–H and O–H groups in total. The molecule has 1 amide bonds. The van der Waals surface area contributed by atoms with Crippen LogP contribution in [-0.4, -0.2) is 55.6 Å². The highest BCUT2D eigenvalue weighted by molar-refractivity contribution is 5.82. The minimum atomic E-state index is -0.0313. The van der Waals surface area contributed by atoms with Crippen molar-refractivity contribution in [3.8, 4) is 11.5 Å². The van der Waals surface area contributed by atoms with E-state index in [9.17, 15) is 4.79 Å². The van der Waals surface area contributed by atoms with Crippen molar-refractivity contribution in [2.75, 3.05) is 33.9 Å². The van der Waals surface area contributed by atoms with Crippen LogP contribution in [-0.2, 0) is 11.3 Å². The van der Waals surface area contributed by atoms with Gasteiger partial charge in [0, 0.05) is 13.6 Å². The fourth-order valence-corrected chi connectivity index (χ4v) is 3.45. The molecule has 1 aliphatic rings. The lowest BCUT2D eigenvalue weighted by molar-refractivity contribution is -0.135. The Balaban J connectivity index is 1.48. The van der Waals surface area contributed by atoms with Crippen molar-refractivity contribution in [2.24, 2.45) is 0 Å². The lowest BCUT2D eigenvalue weighted by Crippen LogP contribution is -2.44. The predicted octanol–water partition coefficient (Wildman–Crippen LogP) is 3.20. The molecule has 0 saturated carbocycles. The van der Waals surface area contributed by atoms with Gasteiger partial charge in [0.2, 0.25) is 5.91 Å². The minimum absolute atomic E-state index is 0.0313. The van der Waals surface area contributed by atoms with Crippen LogP contribution in [0.2, 0.25) is 0 Å². The Morgan fingerprint density at radius 2 is 1.81 bits per heavy atom. The van der Waals surface area contributed by atoms with Gasteiger partial charge in [-0.1, -0.05) is 30.3 Å². The molecule has 0 aromatic heterocycles. The molecule has 1 aliphatic heterocycles. The van der Waals surface area contributed by atoms with E-state index in [1.807, 2.05) is 49.5 Å². The molecule has 2 aromatic carbocycles. The quantitative estimate of drug-likeness (QED) is 0.718. The average Bonchev–Trinajstić information content (AvgIpc) is 3.16. The molecule has 27 heavy (non-hydrogen) atoms. The Kier molecular flexibility index (Phi) is 6.71. The number of benzene rings is 2. The van der Waals surface area contributed by atoms with Crippen molar-refractivity contribution < 1.29 is 14.3 Å². The number of likely N-dealkylation sites (N-methyl/N-ethyl adjacent to an activating group) is 1. The minimum Gasteiger partial charge on any atom is -0.497 e. The van der Waals surface area contributed by atoms with Crippen molar-refractivity contribution in [1.82, 2.24) is 9.80 Å². The number of likely N-dealkylation sites (tertiary alicyclic amines) is 1. The fraction of sp³-hybridized carbons (Fsp3) is 0.409. The van der Waals surface area contributed by atoms with Gasteiger partial charge >= 0.3 is 0 Å². The third-order valence-corrected chi connectivity index (χ3v) is 5.01. The smallest absolute Gasteiger partial charge is 0.239 e. The predicted molar refractivity (Wildman–Crippen MR) is 106 cm³/mol. The molecule has 5 nitrogen and oxygen atoms in total. The third kappa shape index (κ3) is 5.23. The largest absolute Gasteiger partial charge is 0.497 e. The average molecular weight is 368 g/mol. The standard InChI is InChI=1S/C22H28N2O3/c1-23(15-16-27-20-12-10-19(26-2)11-13-20)22(25)21-9-6-14-24(21)17-18-7-4-3-5-8-18/h3-5,7-8,10-13,21H,6,9,14-17H2,1-2H3. The Hall–Kier alpha value is -2.53. The lowest BCUT2D eigenvalue weighted by atomic mass is 10.1. The van der Waals surface area contributed by atoms with E-state index in [4.69, 9.17) is 9.47 Å². The molecule has 5 heteroatoms. The van der Waals surface area contributed by atoms with E-state index in [-0.39, 0.29) is 11.9 Å². The van der Waals surface area contributed by atoms with Crippen LogP contribution in [0.25, 0.3) is 0 Å². The summed E-state index contributed by atoms with van der Waals surface area (Å²) < 4.78 is 10.9. The van der Waals surface area contributed by atoms with Gasteiger partial charge in [-0.25, -0.2) is 0 Å². The summed E-state index contributed by atoms with van der Waals surface area (Å²) in [5.74, 6) is 1.76. The highest BCUT2D eigenvalue weighted by atomic mass is 16.5. The summed E-state index contributed by atoms with van der Waals surface area (Å²) >= 11 is 0. The number of hydrogen-bond donors (Lipinski definition) is 0. The van der Waals surface area contributed by atoms with Gasteiger partial charge in [-0.2, -0.15) is 0 Å². The summed E-state index contributed by atoms with van der Waals surface area (Å²) in [6.45, 7) is 2.84. The number of nitrogens with zero attached hydrogens (tertiary/aromatic N) is 2. The molecule has 2 aromatic rings. The van der Waals surface area contributed by atoms with E-state index in [0.29, 0.717) is 13.2 Å². The molecule has 1 unspecified atom stereocenters. The van der Waals surface area contributed by atoms with Crippen molar-refractivity contribution >= 4 is 5.91 Å². The lowest BCUT2D eigenvalue weighted by Gasteiger charge is -2.28. The summed E-state index contributed by atoms with van der Waals surface area (Å²) in [6, 6.07) is 17.8. The maximum atomic E-state index is 12.9. The van der Waals surface area contributed by atoms with E-state index in [1.165, 1.54) is 5.56 Å². The van der Waals surface area contributed by atoms with Gasteiger partial charge in [0.25, 0.3) is 0 Å². The zero-order valence-corrected chi connectivity index (χ0v) is 16.1. The van der Waals surface area contributed by atoms with Gasteiger partial charge in [-0.15, -0.1) is 0 Å². The molecule has 144 valence electrons. The van der Waals surface area contributed by atoms with E-state index < -0.39 is 0 Å². The number of carbonyl (C=O) groups is 1. The van der Waals surface area contributed by atoms with Crippen LogP contribution in [0.4, 0.5) is 0 Å². The van der Waals surface area contributed by atoms with Crippen LogP contribution >= 0.6 is 0 Å². The maximum Gasteiger partial charge on any atom is 0.239 e. The normalized spacial score (nSPS) is 16.9. The summed E-state index contributed by atoms with van der Waals surface area (Å²) in [5, 5.41) is 0. The van der Waals surface area contributed by atoms with Crippen LogP contribution in [0.15, 0.2) is 54.6 Å². The number of rotatable bonds is 8. The van der Waals surface area contributed by atoms with E-state index in [2.05, 4.69) is 17.0 Å². The van der Waals surface area contributed by atoms with Crippen molar-refractivity contribution in [2.45, 2.75) is 25.4 Å². The molecule has 1 atom stereocenters. The second-order valence-electron chi connectivity index (χ2n) is 6.90. The van der Waals surface area contributed by atoms with Crippen LogP contribution in [0.5, 0.6) is 11.5 Å². The number of carbonyl (C=O) groups excluding carboxylic acids is 1. The van der Waals surface area contributed by atoms with E-state index >= 15 is 0 Å². The molecular formula is C22H28N2O3. The van der Waals surface area contributed by atoms with Gasteiger partial charge in [-0.05, 0) is 49.2 Å². The second kappa shape index (κ2) is 9.42. The molecule has 0 aliphatic carbocycles. The first-order chi connectivity index (χ1) is 13.2.